The van der Waals surface area contributed by atoms with Crippen molar-refractivity contribution in [1.82, 2.24) is 0 Å². The second kappa shape index (κ2) is 7.44. The van der Waals surface area contributed by atoms with Crippen LogP contribution in [0, 0.1) is 5.92 Å². The zero-order valence-electron chi connectivity index (χ0n) is 15.3. The van der Waals surface area contributed by atoms with Crippen molar-refractivity contribution in [2.24, 2.45) is 5.92 Å². The number of hydrogen-bond acceptors (Lipinski definition) is 5. The molecule has 2 atom stereocenters. The number of hydrogen-bond donors (Lipinski definition) is 0. The lowest BCUT2D eigenvalue weighted by Gasteiger charge is -2.27. The van der Waals surface area contributed by atoms with E-state index in [-0.39, 0.29) is 18.6 Å². The Kier molecular flexibility index (Phi) is 5.02. The van der Waals surface area contributed by atoms with E-state index in [1.54, 1.807) is 14.2 Å². The minimum absolute atomic E-state index is 0.00616. The van der Waals surface area contributed by atoms with Crippen LogP contribution in [0.15, 0.2) is 47.0 Å². The highest BCUT2D eigenvalue weighted by molar-refractivity contribution is 9.10. The minimum atomic E-state index is 0.00616. The lowest BCUT2D eigenvalue weighted by Crippen LogP contribution is -2.17. The fraction of sp³-hybridized carbons (Fsp3) is 0.333. The van der Waals surface area contributed by atoms with Crippen LogP contribution in [0.2, 0.25) is 0 Å². The summed E-state index contributed by atoms with van der Waals surface area (Å²) < 4.78 is 28.8. The molecule has 1 fully saturated rings. The number of ether oxygens (including phenoxy) is 5. The Morgan fingerprint density at radius 2 is 1.85 bits per heavy atom. The van der Waals surface area contributed by atoms with E-state index in [2.05, 4.69) is 34.6 Å². The monoisotopic (exact) mass is 432 g/mol. The summed E-state index contributed by atoms with van der Waals surface area (Å²) in [5.41, 5.74) is 3.22. The first kappa shape index (κ1) is 18.2. The van der Waals surface area contributed by atoms with E-state index >= 15 is 0 Å². The largest absolute Gasteiger partial charge is 0.496 e. The Hall–Kier alpha value is -2.18. The van der Waals surface area contributed by atoms with Gasteiger partial charge in [0.1, 0.15) is 11.5 Å². The van der Waals surface area contributed by atoms with Gasteiger partial charge in [-0.2, -0.15) is 0 Å². The minimum Gasteiger partial charge on any atom is -0.496 e. The van der Waals surface area contributed by atoms with Crippen LogP contribution in [0.4, 0.5) is 0 Å². The van der Waals surface area contributed by atoms with E-state index in [0.717, 1.165) is 44.2 Å². The van der Waals surface area contributed by atoms with Gasteiger partial charge in [0.2, 0.25) is 6.79 Å². The molecule has 0 bridgehead atoms. The summed E-state index contributed by atoms with van der Waals surface area (Å²) in [5, 5.41) is 0. The van der Waals surface area contributed by atoms with Crippen LogP contribution in [0.1, 0.15) is 17.0 Å². The second-order valence-corrected chi connectivity index (χ2v) is 7.45. The van der Waals surface area contributed by atoms with Crippen LogP contribution in [0.5, 0.6) is 23.0 Å². The summed E-state index contributed by atoms with van der Waals surface area (Å²) in [6.07, 6.45) is 0. The lowest BCUT2D eigenvalue weighted by atomic mass is 9.78. The maximum atomic E-state index is 5.71. The van der Waals surface area contributed by atoms with E-state index in [4.69, 9.17) is 23.7 Å². The zero-order valence-corrected chi connectivity index (χ0v) is 16.9. The summed E-state index contributed by atoms with van der Waals surface area (Å²) in [6, 6.07) is 10.0. The number of fused-ring (bicyclic) bond motifs is 1. The third-order valence-electron chi connectivity index (χ3n) is 5.11. The van der Waals surface area contributed by atoms with Gasteiger partial charge in [-0.1, -0.05) is 12.6 Å². The molecule has 6 heteroatoms. The highest BCUT2D eigenvalue weighted by Gasteiger charge is 2.34. The molecule has 27 heavy (non-hydrogen) atoms. The van der Waals surface area contributed by atoms with E-state index in [1.165, 1.54) is 0 Å². The summed E-state index contributed by atoms with van der Waals surface area (Å²) in [6.45, 7) is 5.67. The van der Waals surface area contributed by atoms with Crippen LogP contribution in [-0.4, -0.2) is 34.2 Å². The summed E-state index contributed by atoms with van der Waals surface area (Å²) in [7, 11) is 3.31. The quantitative estimate of drug-likeness (QED) is 0.649. The number of rotatable bonds is 5. The molecule has 0 aromatic heterocycles. The van der Waals surface area contributed by atoms with Crippen LogP contribution in [-0.2, 0) is 4.74 Å². The lowest BCUT2D eigenvalue weighted by molar-refractivity contribution is 0.174. The van der Waals surface area contributed by atoms with Crippen molar-refractivity contribution in [1.29, 1.82) is 0 Å². The first-order valence-corrected chi connectivity index (χ1v) is 9.48. The molecular formula is C21H21BrO5. The number of methoxy groups -OCH3 is 2. The Labute approximate surface area is 167 Å². The Morgan fingerprint density at radius 1 is 1.07 bits per heavy atom. The van der Waals surface area contributed by atoms with Gasteiger partial charge in [-0.15, -0.1) is 0 Å². The van der Waals surface area contributed by atoms with Crippen molar-refractivity contribution in [3.05, 3.63) is 58.1 Å². The number of halogens is 1. The van der Waals surface area contributed by atoms with Gasteiger partial charge in [0.15, 0.2) is 11.5 Å². The first-order chi connectivity index (χ1) is 13.1. The Balaban J connectivity index is 1.86. The molecule has 0 spiro atoms. The molecule has 142 valence electrons. The molecule has 5 nitrogen and oxygen atoms in total. The molecule has 2 heterocycles. The van der Waals surface area contributed by atoms with Gasteiger partial charge in [0.25, 0.3) is 0 Å². The van der Waals surface area contributed by atoms with E-state index in [0.29, 0.717) is 13.2 Å². The van der Waals surface area contributed by atoms with E-state index < -0.39 is 0 Å². The van der Waals surface area contributed by atoms with Crippen molar-refractivity contribution in [2.45, 2.75) is 5.92 Å². The maximum absolute atomic E-state index is 5.71. The molecule has 2 aromatic rings. The Morgan fingerprint density at radius 3 is 2.56 bits per heavy atom. The third-order valence-corrected chi connectivity index (χ3v) is 5.73. The molecule has 0 aliphatic carbocycles. The Bertz CT molecular complexity index is 879. The number of benzene rings is 2. The van der Waals surface area contributed by atoms with Crippen LogP contribution in [0.25, 0.3) is 0 Å². The first-order valence-electron chi connectivity index (χ1n) is 8.68. The predicted octanol–water partition coefficient (Wildman–Crippen LogP) is 4.53. The molecule has 0 saturated carbocycles. The normalized spacial score (nSPS) is 19.2. The van der Waals surface area contributed by atoms with Crippen LogP contribution in [0.3, 0.4) is 0 Å². The molecule has 4 rings (SSSR count). The molecule has 0 N–H and O–H groups in total. The average molecular weight is 433 g/mol. The van der Waals surface area contributed by atoms with Gasteiger partial charge in [0.05, 0.1) is 31.9 Å². The molecule has 1 saturated heterocycles. The highest BCUT2D eigenvalue weighted by Crippen LogP contribution is 2.47. The van der Waals surface area contributed by atoms with Gasteiger partial charge >= 0.3 is 0 Å². The highest BCUT2D eigenvalue weighted by atomic mass is 79.9. The standard InChI is InChI=1S/C21H21BrO5/c1-12-9-25-10-15(12)21(13-4-5-17-20(6-13)27-11-26-17)14-7-16(22)19(24-3)8-18(14)23-2/h4-8,15,21H,1,9-11H2,2-3H3/t15-,21+/m0/s1. The zero-order chi connectivity index (χ0) is 19.0. The van der Waals surface area contributed by atoms with Gasteiger partial charge in [-0.25, -0.2) is 0 Å². The SMILES string of the molecule is C=C1COC[C@@H]1[C@H](c1ccc2c(c1)OCO2)c1cc(Br)c(OC)cc1OC. The van der Waals surface area contributed by atoms with Crippen molar-refractivity contribution < 1.29 is 23.7 Å². The van der Waals surface area contributed by atoms with Crippen molar-refractivity contribution >= 4 is 15.9 Å². The van der Waals surface area contributed by atoms with Crippen molar-refractivity contribution in [2.75, 3.05) is 34.2 Å². The fourth-order valence-corrected chi connectivity index (χ4v) is 4.26. The van der Waals surface area contributed by atoms with Gasteiger partial charge in [0, 0.05) is 23.5 Å². The third kappa shape index (κ3) is 3.28. The molecule has 0 amide bonds. The van der Waals surface area contributed by atoms with Gasteiger partial charge in [-0.05, 0) is 45.3 Å². The molecular weight excluding hydrogens is 412 g/mol. The van der Waals surface area contributed by atoms with Gasteiger partial charge in [-0.3, -0.25) is 0 Å². The molecule has 2 aromatic carbocycles. The second-order valence-electron chi connectivity index (χ2n) is 6.60. The molecule has 0 unspecified atom stereocenters. The van der Waals surface area contributed by atoms with Crippen molar-refractivity contribution in [3.8, 4) is 23.0 Å². The fourth-order valence-electron chi connectivity index (χ4n) is 3.74. The smallest absolute Gasteiger partial charge is 0.231 e. The summed E-state index contributed by atoms with van der Waals surface area (Å²) in [4.78, 5) is 0. The van der Waals surface area contributed by atoms with Gasteiger partial charge < -0.3 is 23.7 Å². The van der Waals surface area contributed by atoms with E-state index in [1.807, 2.05) is 18.2 Å². The molecule has 2 aliphatic rings. The molecule has 2 aliphatic heterocycles. The predicted molar refractivity (Wildman–Crippen MR) is 105 cm³/mol. The van der Waals surface area contributed by atoms with Crippen LogP contribution < -0.4 is 18.9 Å². The average Bonchev–Trinajstić information content (AvgIpc) is 3.31. The molecule has 0 radical (unpaired) electrons. The van der Waals surface area contributed by atoms with Crippen LogP contribution >= 0.6 is 15.9 Å². The summed E-state index contributed by atoms with van der Waals surface area (Å²) in [5.74, 6) is 3.15. The van der Waals surface area contributed by atoms with E-state index in [9.17, 15) is 0 Å². The topological polar surface area (TPSA) is 46.2 Å². The van der Waals surface area contributed by atoms with Crippen molar-refractivity contribution in [3.63, 3.8) is 0 Å². The summed E-state index contributed by atoms with van der Waals surface area (Å²) >= 11 is 3.61. The maximum Gasteiger partial charge on any atom is 0.231 e.